The minimum Gasteiger partial charge on any atom is -0.360 e. The monoisotopic (exact) mass is 442 g/mol. The summed E-state index contributed by atoms with van der Waals surface area (Å²) in [4.78, 5) is 18.7. The molecule has 1 N–H and O–H groups in total. The highest BCUT2D eigenvalue weighted by molar-refractivity contribution is 7.93. The molecule has 3 saturated heterocycles. The van der Waals surface area contributed by atoms with E-state index in [9.17, 15) is 13.2 Å². The van der Waals surface area contributed by atoms with Crippen molar-refractivity contribution in [2.24, 2.45) is 0 Å². The van der Waals surface area contributed by atoms with Crippen molar-refractivity contribution in [2.45, 2.75) is 85.7 Å². The number of sulfone groups is 1. The van der Waals surface area contributed by atoms with Gasteiger partial charge in [0.05, 0.1) is 10.6 Å². The Hall–Kier alpha value is -2.26. The molecule has 8 nitrogen and oxygen atoms in total. The number of amides is 1. The first-order valence-electron chi connectivity index (χ1n) is 11.2. The topological polar surface area (TPSA) is 105 Å². The summed E-state index contributed by atoms with van der Waals surface area (Å²) < 4.78 is 32.4. The first kappa shape index (κ1) is 19.4. The number of piperidine rings is 2. The van der Waals surface area contributed by atoms with Crippen LogP contribution in [0.25, 0.3) is 0 Å². The smallest absolute Gasteiger partial charge is 0.273 e. The van der Waals surface area contributed by atoms with Crippen LogP contribution in [0.4, 0.5) is 0 Å². The quantitative estimate of drug-likeness (QED) is 0.732. The van der Waals surface area contributed by atoms with Crippen molar-refractivity contribution in [2.75, 3.05) is 0 Å². The van der Waals surface area contributed by atoms with Crippen LogP contribution >= 0.6 is 0 Å². The summed E-state index contributed by atoms with van der Waals surface area (Å²) in [6.45, 7) is 1.93. The minimum atomic E-state index is -3.48. The van der Waals surface area contributed by atoms with Crippen LogP contribution < -0.4 is 5.32 Å². The second-order valence-corrected chi connectivity index (χ2v) is 11.6. The lowest BCUT2D eigenvalue weighted by atomic mass is 9.67. The summed E-state index contributed by atoms with van der Waals surface area (Å²) in [6, 6.07) is 5.56. The molecule has 0 radical (unpaired) electrons. The van der Waals surface area contributed by atoms with Gasteiger partial charge in [0.15, 0.2) is 15.5 Å². The Bertz CT molecular complexity index is 1140. The average Bonchev–Trinajstić information content (AvgIpc) is 3.46. The predicted octanol–water partition coefficient (Wildman–Crippen LogP) is 2.42. The number of nitrogens with zero attached hydrogens (tertiary/aromatic N) is 3. The van der Waals surface area contributed by atoms with Gasteiger partial charge >= 0.3 is 0 Å². The van der Waals surface area contributed by atoms with E-state index < -0.39 is 14.7 Å². The van der Waals surface area contributed by atoms with E-state index >= 15 is 0 Å². The SMILES string of the molecule is CCc1ncccc1S(=O)(=O)C12CC3CC(NC(=O)c4cc(C5CC5)on4)CC(C1)N32. The van der Waals surface area contributed by atoms with Gasteiger partial charge in [-0.3, -0.25) is 14.7 Å². The number of pyridine rings is 1. The van der Waals surface area contributed by atoms with E-state index in [0.29, 0.717) is 41.5 Å². The van der Waals surface area contributed by atoms with Crippen LogP contribution in [0.1, 0.15) is 73.3 Å². The molecular formula is C22H26N4O4S. The summed E-state index contributed by atoms with van der Waals surface area (Å²) in [5.74, 6) is 1.02. The number of hydrogen-bond acceptors (Lipinski definition) is 7. The summed E-state index contributed by atoms with van der Waals surface area (Å²) >= 11 is 0. The average molecular weight is 443 g/mol. The van der Waals surface area contributed by atoms with E-state index in [2.05, 4.69) is 20.4 Å². The van der Waals surface area contributed by atoms with Crippen molar-refractivity contribution in [1.82, 2.24) is 20.4 Å². The number of carbonyl (C=O) groups is 1. The van der Waals surface area contributed by atoms with E-state index in [-0.39, 0.29) is 24.0 Å². The molecule has 164 valence electrons. The Labute approximate surface area is 181 Å². The number of nitrogens with one attached hydrogen (secondary N) is 1. The normalized spacial score (nSPS) is 32.0. The minimum absolute atomic E-state index is 0.0328. The summed E-state index contributed by atoms with van der Waals surface area (Å²) in [5, 5.41) is 7.03. The molecule has 9 heteroatoms. The highest BCUT2D eigenvalue weighted by Crippen LogP contribution is 2.60. The third-order valence-corrected chi connectivity index (χ3v) is 10.0. The molecule has 2 atom stereocenters. The largest absolute Gasteiger partial charge is 0.360 e. The second-order valence-electron chi connectivity index (χ2n) is 9.41. The number of rotatable bonds is 6. The molecule has 0 aromatic carbocycles. The van der Waals surface area contributed by atoms with Gasteiger partial charge in [0, 0.05) is 36.3 Å². The van der Waals surface area contributed by atoms with E-state index in [0.717, 1.165) is 31.4 Å². The maximum Gasteiger partial charge on any atom is 0.273 e. The zero-order valence-electron chi connectivity index (χ0n) is 17.5. The Morgan fingerprint density at radius 1 is 1.29 bits per heavy atom. The van der Waals surface area contributed by atoms with Gasteiger partial charge in [-0.1, -0.05) is 12.1 Å². The van der Waals surface area contributed by atoms with Crippen molar-refractivity contribution < 1.29 is 17.7 Å². The standard InChI is InChI=1S/C22H26N4O4S/c1-2-17-20(4-3-7-23-17)31(28,29)22-11-15-8-14(9-16(12-22)26(15)22)24-21(27)18-10-19(30-25-18)13-5-6-13/h3-4,7,10,13-16H,2,5-6,8-9,11-12H2,1H3,(H,24,27). The van der Waals surface area contributed by atoms with Crippen molar-refractivity contribution in [1.29, 1.82) is 0 Å². The highest BCUT2D eigenvalue weighted by Gasteiger charge is 2.71. The van der Waals surface area contributed by atoms with Gasteiger partial charge < -0.3 is 9.84 Å². The molecule has 0 bridgehead atoms. The summed E-state index contributed by atoms with van der Waals surface area (Å²) in [7, 11) is -3.48. The Morgan fingerprint density at radius 3 is 2.71 bits per heavy atom. The molecule has 0 spiro atoms. The van der Waals surface area contributed by atoms with Gasteiger partial charge in [-0.25, -0.2) is 8.42 Å². The molecule has 3 aliphatic heterocycles. The third kappa shape index (κ3) is 2.75. The zero-order valence-corrected chi connectivity index (χ0v) is 18.3. The summed E-state index contributed by atoms with van der Waals surface area (Å²) in [5.41, 5.74) is 0.983. The van der Waals surface area contributed by atoms with Crippen LogP contribution in [0.2, 0.25) is 0 Å². The van der Waals surface area contributed by atoms with Gasteiger partial charge in [0.25, 0.3) is 5.91 Å². The molecule has 2 unspecified atom stereocenters. The fraction of sp³-hybridized carbons (Fsp3) is 0.591. The fourth-order valence-corrected chi connectivity index (χ4v) is 8.52. The predicted molar refractivity (Wildman–Crippen MR) is 111 cm³/mol. The van der Waals surface area contributed by atoms with Crippen LogP contribution in [-0.4, -0.2) is 52.4 Å². The van der Waals surface area contributed by atoms with Crippen LogP contribution in [0.3, 0.4) is 0 Å². The molecule has 31 heavy (non-hydrogen) atoms. The first-order chi connectivity index (χ1) is 14.9. The maximum absolute atomic E-state index is 13.5. The van der Waals surface area contributed by atoms with Crippen LogP contribution in [0, 0.1) is 0 Å². The van der Waals surface area contributed by atoms with E-state index in [1.54, 1.807) is 24.4 Å². The Balaban J connectivity index is 1.15. The van der Waals surface area contributed by atoms with Gasteiger partial charge in [-0.2, -0.15) is 0 Å². The molecule has 2 aromatic rings. The molecular weight excluding hydrogens is 416 g/mol. The lowest BCUT2D eigenvalue weighted by Gasteiger charge is -2.72. The second kappa shape index (κ2) is 6.62. The molecule has 5 heterocycles. The van der Waals surface area contributed by atoms with Crippen LogP contribution in [0.5, 0.6) is 0 Å². The van der Waals surface area contributed by atoms with Gasteiger partial charge in [0.1, 0.15) is 10.6 Å². The van der Waals surface area contributed by atoms with Crippen molar-refractivity contribution in [3.05, 3.63) is 41.5 Å². The Kier molecular flexibility index (Phi) is 4.15. The lowest BCUT2D eigenvalue weighted by molar-refractivity contribution is -0.176. The third-order valence-electron chi connectivity index (χ3n) is 7.53. The van der Waals surface area contributed by atoms with E-state index in [1.165, 1.54) is 0 Å². The number of aryl methyl sites for hydroxylation is 1. The molecule has 4 aliphatic rings. The molecule has 1 saturated carbocycles. The van der Waals surface area contributed by atoms with E-state index in [4.69, 9.17) is 4.52 Å². The fourth-order valence-electron chi connectivity index (χ4n) is 5.94. The molecule has 4 fully saturated rings. The zero-order chi connectivity index (χ0) is 21.4. The first-order valence-corrected chi connectivity index (χ1v) is 12.7. The number of carbonyl (C=O) groups excluding carboxylic acids is 1. The highest BCUT2D eigenvalue weighted by atomic mass is 32.2. The summed E-state index contributed by atoms with van der Waals surface area (Å²) in [6.07, 6.45) is 7.21. The molecule has 1 amide bonds. The maximum atomic E-state index is 13.5. The van der Waals surface area contributed by atoms with Crippen LogP contribution in [-0.2, 0) is 16.3 Å². The van der Waals surface area contributed by atoms with E-state index in [1.807, 2.05) is 6.92 Å². The van der Waals surface area contributed by atoms with Gasteiger partial charge in [-0.15, -0.1) is 0 Å². The Morgan fingerprint density at radius 2 is 2.03 bits per heavy atom. The molecule has 6 rings (SSSR count). The molecule has 1 aliphatic carbocycles. The lowest BCUT2D eigenvalue weighted by Crippen LogP contribution is -2.84. The van der Waals surface area contributed by atoms with Gasteiger partial charge in [-0.05, 0) is 57.1 Å². The number of hydrogen-bond donors (Lipinski definition) is 1. The van der Waals surface area contributed by atoms with Crippen molar-refractivity contribution >= 4 is 15.7 Å². The molecule has 2 aromatic heterocycles. The van der Waals surface area contributed by atoms with Crippen molar-refractivity contribution in [3.8, 4) is 0 Å². The van der Waals surface area contributed by atoms with Crippen molar-refractivity contribution in [3.63, 3.8) is 0 Å². The van der Waals surface area contributed by atoms with Gasteiger partial charge in [0.2, 0.25) is 0 Å². The van der Waals surface area contributed by atoms with Crippen LogP contribution in [0.15, 0.2) is 33.8 Å². The number of aromatic nitrogens is 2.